The van der Waals surface area contributed by atoms with Gasteiger partial charge in [-0.15, -0.1) is 0 Å². The fourth-order valence-corrected chi connectivity index (χ4v) is 4.16. The molecule has 1 aromatic heterocycles. The Hall–Kier alpha value is -3.06. The van der Waals surface area contributed by atoms with E-state index in [4.69, 9.17) is 4.74 Å². The van der Waals surface area contributed by atoms with Gasteiger partial charge in [0, 0.05) is 39.3 Å². The standard InChI is InChI=1S/C24H30N4O3/c1-17(19-6-8-20(9-7-19)28-12-14-31-15-13-28)25-23(29)11-5-18-4-10-21-22(16-18)27(3)24(30)26(21)2/h4,6-10,16-17H,5,11-15H2,1-3H3,(H,25,29)/t17-/m0/s1. The topological polar surface area (TPSA) is 68.5 Å². The fourth-order valence-electron chi connectivity index (χ4n) is 4.16. The van der Waals surface area contributed by atoms with Gasteiger partial charge in [0.25, 0.3) is 0 Å². The maximum absolute atomic E-state index is 12.5. The van der Waals surface area contributed by atoms with Gasteiger partial charge >= 0.3 is 5.69 Å². The highest BCUT2D eigenvalue weighted by Crippen LogP contribution is 2.20. The number of benzene rings is 2. The first-order valence-corrected chi connectivity index (χ1v) is 10.8. The second kappa shape index (κ2) is 8.98. The molecule has 7 nitrogen and oxygen atoms in total. The van der Waals surface area contributed by atoms with Crippen molar-refractivity contribution in [1.29, 1.82) is 0 Å². The van der Waals surface area contributed by atoms with Crippen LogP contribution in [-0.2, 0) is 30.0 Å². The molecule has 0 radical (unpaired) electrons. The van der Waals surface area contributed by atoms with E-state index < -0.39 is 0 Å². The Bertz CT molecular complexity index is 1120. The number of nitrogens with one attached hydrogen (secondary N) is 1. The number of rotatable bonds is 6. The number of aryl methyl sites for hydroxylation is 3. The molecule has 1 aliphatic heterocycles. The lowest BCUT2D eigenvalue weighted by Gasteiger charge is -2.29. The summed E-state index contributed by atoms with van der Waals surface area (Å²) < 4.78 is 8.69. The van der Waals surface area contributed by atoms with Crippen molar-refractivity contribution in [2.24, 2.45) is 14.1 Å². The van der Waals surface area contributed by atoms with E-state index in [9.17, 15) is 9.59 Å². The predicted octanol–water partition coefficient (Wildman–Crippen LogP) is 2.52. The quantitative estimate of drug-likeness (QED) is 0.663. The SMILES string of the molecule is C[C@H](NC(=O)CCc1ccc2c(c1)n(C)c(=O)n2C)c1ccc(N2CCOCC2)cc1. The maximum atomic E-state index is 12.5. The molecule has 1 aliphatic rings. The first-order chi connectivity index (χ1) is 14.9. The third-order valence-corrected chi connectivity index (χ3v) is 6.12. The summed E-state index contributed by atoms with van der Waals surface area (Å²) in [5.74, 6) is 0.0202. The van der Waals surface area contributed by atoms with Crippen LogP contribution < -0.4 is 15.9 Å². The number of anilines is 1. The number of fused-ring (bicyclic) bond motifs is 1. The molecule has 0 spiro atoms. The van der Waals surface area contributed by atoms with Crippen molar-refractivity contribution in [2.45, 2.75) is 25.8 Å². The number of carbonyl (C=O) groups excluding carboxylic acids is 1. The average molecular weight is 423 g/mol. The van der Waals surface area contributed by atoms with Crippen LogP contribution in [0.5, 0.6) is 0 Å². The van der Waals surface area contributed by atoms with Crippen LogP contribution in [0.15, 0.2) is 47.3 Å². The minimum atomic E-state index is -0.0522. The molecule has 0 saturated carbocycles. The van der Waals surface area contributed by atoms with Crippen LogP contribution in [0.2, 0.25) is 0 Å². The van der Waals surface area contributed by atoms with E-state index in [0.717, 1.165) is 48.5 Å². The Morgan fingerprint density at radius 3 is 2.42 bits per heavy atom. The highest BCUT2D eigenvalue weighted by atomic mass is 16.5. The normalized spacial score (nSPS) is 15.3. The van der Waals surface area contributed by atoms with Crippen molar-refractivity contribution in [1.82, 2.24) is 14.5 Å². The third-order valence-electron chi connectivity index (χ3n) is 6.12. The Kier molecular flexibility index (Phi) is 6.13. The van der Waals surface area contributed by atoms with Gasteiger partial charge in [-0.1, -0.05) is 18.2 Å². The van der Waals surface area contributed by atoms with Crippen LogP contribution in [0.25, 0.3) is 11.0 Å². The Morgan fingerprint density at radius 2 is 1.71 bits per heavy atom. The van der Waals surface area contributed by atoms with Crippen molar-refractivity contribution in [3.05, 3.63) is 64.1 Å². The maximum Gasteiger partial charge on any atom is 0.328 e. The second-order valence-electron chi connectivity index (χ2n) is 8.20. The monoisotopic (exact) mass is 422 g/mol. The first kappa shape index (κ1) is 21.2. The van der Waals surface area contributed by atoms with Crippen LogP contribution in [-0.4, -0.2) is 41.3 Å². The highest BCUT2D eigenvalue weighted by Gasteiger charge is 2.14. The van der Waals surface area contributed by atoms with Crippen molar-refractivity contribution in [3.63, 3.8) is 0 Å². The zero-order valence-corrected chi connectivity index (χ0v) is 18.4. The average Bonchev–Trinajstić information content (AvgIpc) is 3.02. The Morgan fingerprint density at radius 1 is 1.03 bits per heavy atom. The van der Waals surface area contributed by atoms with Gasteiger partial charge in [-0.25, -0.2) is 4.79 Å². The Balaban J connectivity index is 1.33. The molecule has 1 atom stereocenters. The van der Waals surface area contributed by atoms with E-state index in [-0.39, 0.29) is 17.6 Å². The van der Waals surface area contributed by atoms with Crippen LogP contribution in [0.1, 0.15) is 30.5 Å². The highest BCUT2D eigenvalue weighted by molar-refractivity contribution is 5.78. The van der Waals surface area contributed by atoms with Crippen LogP contribution in [0.3, 0.4) is 0 Å². The number of morpholine rings is 1. The molecular formula is C24H30N4O3. The lowest BCUT2D eigenvalue weighted by molar-refractivity contribution is -0.121. The molecule has 2 heterocycles. The van der Waals surface area contributed by atoms with Crippen LogP contribution in [0.4, 0.5) is 5.69 Å². The van der Waals surface area contributed by atoms with Gasteiger partial charge in [-0.05, 0) is 48.7 Å². The third kappa shape index (κ3) is 4.51. The number of carbonyl (C=O) groups is 1. The summed E-state index contributed by atoms with van der Waals surface area (Å²) in [5.41, 5.74) is 5.07. The molecule has 0 aliphatic carbocycles. The molecule has 0 bridgehead atoms. The number of hydrogen-bond donors (Lipinski definition) is 1. The molecule has 164 valence electrons. The number of imidazole rings is 1. The van der Waals surface area contributed by atoms with Gasteiger partial charge in [0.1, 0.15) is 0 Å². The van der Waals surface area contributed by atoms with E-state index in [1.54, 1.807) is 23.2 Å². The van der Waals surface area contributed by atoms with Crippen molar-refractivity contribution in [2.75, 3.05) is 31.2 Å². The predicted molar refractivity (Wildman–Crippen MR) is 123 cm³/mol. The Labute approximate surface area is 182 Å². The smallest absolute Gasteiger partial charge is 0.328 e. The zero-order chi connectivity index (χ0) is 22.0. The number of ether oxygens (including phenoxy) is 1. The van der Waals surface area contributed by atoms with E-state index in [1.807, 2.05) is 25.1 Å². The number of nitrogens with zero attached hydrogens (tertiary/aromatic N) is 3. The fraction of sp³-hybridized carbons (Fsp3) is 0.417. The van der Waals surface area contributed by atoms with Gasteiger partial charge in [-0.2, -0.15) is 0 Å². The van der Waals surface area contributed by atoms with Crippen LogP contribution >= 0.6 is 0 Å². The van der Waals surface area contributed by atoms with E-state index in [1.165, 1.54) is 5.69 Å². The molecule has 1 saturated heterocycles. The summed E-state index contributed by atoms with van der Waals surface area (Å²) in [6, 6.07) is 14.3. The van der Waals surface area contributed by atoms with Gasteiger partial charge in [0.2, 0.25) is 5.91 Å². The first-order valence-electron chi connectivity index (χ1n) is 10.8. The van der Waals surface area contributed by atoms with Gasteiger partial charge in [0.05, 0.1) is 30.3 Å². The minimum absolute atomic E-state index is 0.0202. The largest absolute Gasteiger partial charge is 0.378 e. The lowest BCUT2D eigenvalue weighted by Crippen LogP contribution is -2.36. The van der Waals surface area contributed by atoms with E-state index in [0.29, 0.717) is 12.8 Å². The number of hydrogen-bond acceptors (Lipinski definition) is 4. The molecule has 7 heteroatoms. The van der Waals surface area contributed by atoms with Gasteiger partial charge in [0.15, 0.2) is 0 Å². The molecule has 3 aromatic rings. The molecule has 1 N–H and O–H groups in total. The van der Waals surface area contributed by atoms with E-state index in [2.05, 4.69) is 34.5 Å². The van der Waals surface area contributed by atoms with Gasteiger partial charge in [-0.3, -0.25) is 13.9 Å². The molecule has 4 rings (SSSR count). The summed E-state index contributed by atoms with van der Waals surface area (Å²) in [4.78, 5) is 26.9. The van der Waals surface area contributed by atoms with Crippen molar-refractivity contribution < 1.29 is 9.53 Å². The van der Waals surface area contributed by atoms with E-state index >= 15 is 0 Å². The van der Waals surface area contributed by atoms with Gasteiger partial charge < -0.3 is 15.0 Å². The summed E-state index contributed by atoms with van der Waals surface area (Å²) in [5, 5.41) is 3.10. The van der Waals surface area contributed by atoms with Crippen molar-refractivity contribution in [3.8, 4) is 0 Å². The zero-order valence-electron chi connectivity index (χ0n) is 18.4. The summed E-state index contributed by atoms with van der Waals surface area (Å²) in [6.07, 6.45) is 1.04. The lowest BCUT2D eigenvalue weighted by atomic mass is 10.1. The molecule has 31 heavy (non-hydrogen) atoms. The second-order valence-corrected chi connectivity index (χ2v) is 8.20. The number of aromatic nitrogens is 2. The summed E-state index contributed by atoms with van der Waals surface area (Å²) in [6.45, 7) is 5.36. The molecule has 2 aromatic carbocycles. The molecule has 1 fully saturated rings. The minimum Gasteiger partial charge on any atom is -0.378 e. The molecule has 1 amide bonds. The van der Waals surface area contributed by atoms with Crippen molar-refractivity contribution >= 4 is 22.6 Å². The molecule has 0 unspecified atom stereocenters. The number of amides is 1. The summed E-state index contributed by atoms with van der Waals surface area (Å²) in [7, 11) is 3.54. The molecular weight excluding hydrogens is 392 g/mol. The summed E-state index contributed by atoms with van der Waals surface area (Å²) >= 11 is 0. The van der Waals surface area contributed by atoms with Crippen LogP contribution in [0, 0.1) is 0 Å².